The third kappa shape index (κ3) is 10.0. The van der Waals surface area contributed by atoms with Gasteiger partial charge in [-0.25, -0.2) is 38.6 Å². The number of fused-ring (bicyclic) bond motifs is 2. The second kappa shape index (κ2) is 20.3. The number of carboxylic acid groups (broad SMARTS) is 1. The summed E-state index contributed by atoms with van der Waals surface area (Å²) in [6, 6.07) is 31.1. The number of carbonyl (C=O) groups excluding carboxylic acids is 1. The lowest BCUT2D eigenvalue weighted by atomic mass is 10.0. The molecule has 0 bridgehead atoms. The minimum atomic E-state index is -0.963. The van der Waals surface area contributed by atoms with Crippen LogP contribution in [0.25, 0.3) is 33.8 Å². The van der Waals surface area contributed by atoms with Gasteiger partial charge in [-0.15, -0.1) is 0 Å². The smallest absolute Gasteiger partial charge is 0.337 e. The minimum Gasteiger partial charge on any atom is -0.478 e. The molecule has 0 aliphatic carbocycles. The van der Waals surface area contributed by atoms with Gasteiger partial charge in [0.25, 0.3) is 0 Å². The number of carboxylic acids is 1. The van der Waals surface area contributed by atoms with Crippen LogP contribution in [0.15, 0.2) is 122 Å². The summed E-state index contributed by atoms with van der Waals surface area (Å²) in [5.74, 6) is 0.613. The van der Waals surface area contributed by atoms with Gasteiger partial charge >= 0.3 is 11.9 Å². The zero-order chi connectivity index (χ0) is 46.3. The zero-order valence-electron chi connectivity index (χ0n) is 37.7. The van der Waals surface area contributed by atoms with Crippen LogP contribution >= 0.6 is 0 Å². The number of pyridine rings is 2. The molecule has 342 valence electrons. The first kappa shape index (κ1) is 44.6. The molecule has 2 aromatic carbocycles. The maximum absolute atomic E-state index is 12.0. The summed E-state index contributed by atoms with van der Waals surface area (Å²) >= 11 is 0. The van der Waals surface area contributed by atoms with Gasteiger partial charge in [-0.2, -0.15) is 10.2 Å². The zero-order valence-corrected chi connectivity index (χ0v) is 37.7. The van der Waals surface area contributed by atoms with E-state index in [9.17, 15) is 14.7 Å². The van der Waals surface area contributed by atoms with E-state index < -0.39 is 5.97 Å². The molecule has 2 fully saturated rings. The number of benzene rings is 2. The Kier molecular flexibility index (Phi) is 13.5. The minimum absolute atomic E-state index is 0.229. The number of aromatic carboxylic acids is 1. The Balaban J connectivity index is 0.000000168. The van der Waals surface area contributed by atoms with Gasteiger partial charge in [0.15, 0.2) is 11.3 Å². The molecule has 8 heterocycles. The molecule has 16 nitrogen and oxygen atoms in total. The summed E-state index contributed by atoms with van der Waals surface area (Å²) in [6.45, 7) is 3.38. The Morgan fingerprint density at radius 3 is 1.58 bits per heavy atom. The van der Waals surface area contributed by atoms with Gasteiger partial charge in [0.2, 0.25) is 0 Å². The average molecular weight is 901 g/mol. The first-order valence-electron chi connectivity index (χ1n) is 22.4. The van der Waals surface area contributed by atoms with Crippen LogP contribution in [0.5, 0.6) is 0 Å². The molecule has 8 aromatic rings. The fourth-order valence-corrected chi connectivity index (χ4v) is 9.09. The molecule has 2 saturated heterocycles. The molecule has 6 aromatic heterocycles. The van der Waals surface area contributed by atoms with Gasteiger partial charge < -0.3 is 29.1 Å². The summed E-state index contributed by atoms with van der Waals surface area (Å²) < 4.78 is 19.2. The monoisotopic (exact) mass is 900 g/mol. The van der Waals surface area contributed by atoms with Crippen LogP contribution in [-0.2, 0) is 27.1 Å². The summed E-state index contributed by atoms with van der Waals surface area (Å²) in [6.07, 6.45) is 12.8. The van der Waals surface area contributed by atoms with E-state index in [0.29, 0.717) is 49.4 Å². The van der Waals surface area contributed by atoms with Crippen LogP contribution < -0.4 is 9.80 Å². The normalized spacial score (nSPS) is 15.8. The number of rotatable bonds is 14. The topological polar surface area (TPSA) is 175 Å². The third-order valence-electron chi connectivity index (χ3n) is 12.2. The molecular weight excluding hydrogens is 849 g/mol. The molecule has 67 heavy (non-hydrogen) atoms. The highest BCUT2D eigenvalue weighted by molar-refractivity contribution is 5.91. The van der Waals surface area contributed by atoms with Gasteiger partial charge in [0, 0.05) is 98.6 Å². The molecule has 2 atom stereocenters. The molecule has 10 rings (SSSR count). The lowest BCUT2D eigenvalue weighted by Gasteiger charge is -2.25. The van der Waals surface area contributed by atoms with Crippen molar-refractivity contribution in [3.63, 3.8) is 0 Å². The van der Waals surface area contributed by atoms with Crippen molar-refractivity contribution in [3.8, 4) is 22.5 Å². The number of carbonyl (C=O) groups is 2. The Hall–Kier alpha value is -7.56. The van der Waals surface area contributed by atoms with Crippen LogP contribution in [0, 0.1) is 0 Å². The lowest BCUT2D eigenvalue weighted by molar-refractivity contribution is 0.0599. The number of ether oxygens (including phenoxy) is 3. The first-order valence-corrected chi connectivity index (χ1v) is 22.4. The van der Waals surface area contributed by atoms with Crippen molar-refractivity contribution < 1.29 is 28.9 Å². The molecule has 2 unspecified atom stereocenters. The standard InChI is InChI=1S/C26H27N5O3.C25H25N5O3/c1-33-17-22-9-5-12-30(22)24-10-4-8-21(28-24)15-20-16-23(29-31-13-11-27-25(20)31)18-6-3-7-19(14-18)26(32)34-2;1-33-16-21-8-4-11-29(21)23-9-3-7-20(27-23)14-19-15-22(28-30-12-10-26-24(19)30)17-5-2-6-18(13-17)25(31)32/h3-4,6-8,10-11,13-14,16,22H,5,9,12,15,17H2,1-2H3;2-3,5-7,9-10,12-13,15,21H,4,8,11,14,16H2,1H3,(H,31,32). The van der Waals surface area contributed by atoms with Crippen molar-refractivity contribution in [3.05, 3.63) is 155 Å². The van der Waals surface area contributed by atoms with Gasteiger partial charge in [0.1, 0.15) is 11.6 Å². The highest BCUT2D eigenvalue weighted by Gasteiger charge is 2.27. The van der Waals surface area contributed by atoms with Crippen molar-refractivity contribution in [2.75, 3.05) is 57.4 Å². The van der Waals surface area contributed by atoms with E-state index in [0.717, 1.165) is 101 Å². The SMILES string of the molecule is COCC1CCCN1c1cccc(Cc2cc(-c3cccc(C(=O)O)c3)nn3ccnc23)n1.COCC1CCCN1c1cccc(Cc2cc(-c3cccc(C(=O)OC)c3)nn3ccnc23)n1. The fourth-order valence-electron chi connectivity index (χ4n) is 9.09. The summed E-state index contributed by atoms with van der Waals surface area (Å²) in [5.41, 5.74) is 9.18. The van der Waals surface area contributed by atoms with Crippen LogP contribution in [0.3, 0.4) is 0 Å². The lowest BCUT2D eigenvalue weighted by Crippen LogP contribution is -2.33. The summed E-state index contributed by atoms with van der Waals surface area (Å²) in [5, 5.41) is 18.7. The van der Waals surface area contributed by atoms with Gasteiger partial charge in [0.05, 0.1) is 54.9 Å². The highest BCUT2D eigenvalue weighted by atomic mass is 16.5. The van der Waals surface area contributed by atoms with Crippen LogP contribution in [-0.4, -0.2) is 116 Å². The Labute approximate surface area is 387 Å². The predicted octanol–water partition coefficient (Wildman–Crippen LogP) is 7.48. The van der Waals surface area contributed by atoms with E-state index in [4.69, 9.17) is 29.3 Å². The molecule has 0 spiro atoms. The van der Waals surface area contributed by atoms with Crippen molar-refractivity contribution >= 4 is 34.9 Å². The van der Waals surface area contributed by atoms with Crippen LogP contribution in [0.2, 0.25) is 0 Å². The first-order chi connectivity index (χ1) is 32.8. The largest absolute Gasteiger partial charge is 0.478 e. The highest BCUT2D eigenvalue weighted by Crippen LogP contribution is 2.29. The molecule has 2 aliphatic heterocycles. The predicted molar refractivity (Wildman–Crippen MR) is 254 cm³/mol. The number of nitrogens with zero attached hydrogens (tertiary/aromatic N) is 10. The molecule has 0 amide bonds. The van der Waals surface area contributed by atoms with E-state index in [1.54, 1.807) is 72.2 Å². The van der Waals surface area contributed by atoms with E-state index in [-0.39, 0.29) is 11.5 Å². The van der Waals surface area contributed by atoms with Crippen molar-refractivity contribution in [1.82, 2.24) is 39.2 Å². The number of hydrogen-bond acceptors (Lipinski definition) is 13. The number of imidazole rings is 2. The molecule has 16 heteroatoms. The molecule has 2 aliphatic rings. The van der Waals surface area contributed by atoms with E-state index >= 15 is 0 Å². The Morgan fingerprint density at radius 2 is 1.10 bits per heavy atom. The molecule has 0 radical (unpaired) electrons. The number of aromatic nitrogens is 8. The molecule has 0 saturated carbocycles. The van der Waals surface area contributed by atoms with Crippen LogP contribution in [0.4, 0.5) is 11.6 Å². The van der Waals surface area contributed by atoms with E-state index in [2.05, 4.69) is 43.1 Å². The second-order valence-electron chi connectivity index (χ2n) is 16.7. The number of methoxy groups -OCH3 is 3. The van der Waals surface area contributed by atoms with E-state index in [1.807, 2.05) is 54.7 Å². The Morgan fingerprint density at radius 1 is 0.627 bits per heavy atom. The Bertz CT molecular complexity index is 3020. The maximum atomic E-state index is 12.0. The van der Waals surface area contributed by atoms with Crippen molar-refractivity contribution in [2.24, 2.45) is 0 Å². The number of esters is 1. The van der Waals surface area contributed by atoms with Gasteiger partial charge in [-0.05, 0) is 86.3 Å². The number of hydrogen-bond donors (Lipinski definition) is 1. The maximum Gasteiger partial charge on any atom is 0.337 e. The van der Waals surface area contributed by atoms with Gasteiger partial charge in [-0.3, -0.25) is 0 Å². The van der Waals surface area contributed by atoms with Crippen molar-refractivity contribution in [2.45, 2.75) is 50.6 Å². The quantitative estimate of drug-likeness (QED) is 0.106. The summed E-state index contributed by atoms with van der Waals surface area (Å²) in [4.78, 5) is 47.0. The molecular formula is C51H52N10O6. The number of anilines is 2. The average Bonchev–Trinajstić information content (AvgIpc) is 4.21. The third-order valence-corrected chi connectivity index (χ3v) is 12.2. The van der Waals surface area contributed by atoms with Crippen molar-refractivity contribution in [1.29, 1.82) is 0 Å². The van der Waals surface area contributed by atoms with E-state index in [1.165, 1.54) is 7.11 Å². The molecule has 1 N–H and O–H groups in total. The fraction of sp³-hybridized carbons (Fsp3) is 0.294. The second-order valence-corrected chi connectivity index (χ2v) is 16.7. The van der Waals surface area contributed by atoms with Crippen LogP contribution in [0.1, 0.15) is 68.9 Å². The van der Waals surface area contributed by atoms with Gasteiger partial charge in [-0.1, -0.05) is 36.4 Å². The summed E-state index contributed by atoms with van der Waals surface area (Å²) in [7, 11) is 4.87.